The van der Waals surface area contributed by atoms with Crippen LogP contribution in [0.3, 0.4) is 0 Å². The normalized spacial score (nSPS) is 11.6. The number of hydrogen-bond donors (Lipinski definition) is 0. The van der Waals surface area contributed by atoms with Crippen LogP contribution in [0.2, 0.25) is 0 Å². The van der Waals surface area contributed by atoms with Crippen LogP contribution in [0.4, 0.5) is 0 Å². The maximum Gasteiger partial charge on any atom is -0.0175 e. The van der Waals surface area contributed by atoms with Crippen molar-refractivity contribution in [3.63, 3.8) is 0 Å². The minimum Gasteiger partial charge on any atom is -0.0514 e. The third-order valence-corrected chi connectivity index (χ3v) is 16.9. The Labute approximate surface area is 498 Å². The molecule has 0 saturated carbocycles. The molecule has 12 aromatic carbocycles. The first kappa shape index (κ1) is 53.9. The van der Waals surface area contributed by atoms with Gasteiger partial charge in [-0.05, 0) is 356 Å². The van der Waals surface area contributed by atoms with Crippen LogP contribution in [0.5, 0.6) is 0 Å². The van der Waals surface area contributed by atoms with Crippen LogP contribution in [-0.2, 0) is 0 Å². The Kier molecular flexibility index (Phi) is 13.8. The maximum atomic E-state index is 2.40. The molecule has 0 radical (unpaired) electrons. The molecule has 1 aliphatic carbocycles. The van der Waals surface area contributed by atoms with Gasteiger partial charge < -0.3 is 0 Å². The largest absolute Gasteiger partial charge is 0.0514 e. The summed E-state index contributed by atoms with van der Waals surface area (Å²) in [6, 6.07) is 85.0. The van der Waals surface area contributed by atoms with E-state index in [0.29, 0.717) is 0 Å². The van der Waals surface area contributed by atoms with Crippen molar-refractivity contribution in [1.29, 1.82) is 0 Å². The first-order chi connectivity index (χ1) is 40.3. The highest BCUT2D eigenvalue weighted by atomic mass is 14.2. The van der Waals surface area contributed by atoms with Gasteiger partial charge in [0.15, 0.2) is 0 Å². The van der Waals surface area contributed by atoms with E-state index in [2.05, 4.69) is 301 Å². The van der Waals surface area contributed by atoms with Crippen LogP contribution in [-0.4, -0.2) is 0 Å². The van der Waals surface area contributed by atoms with Gasteiger partial charge in [-0.25, -0.2) is 0 Å². The molecule has 0 fully saturated rings. The van der Waals surface area contributed by atoms with Gasteiger partial charge in [-0.2, -0.15) is 0 Å². The molecule has 0 amide bonds. The molecule has 0 spiro atoms. The van der Waals surface area contributed by atoms with Crippen molar-refractivity contribution < 1.29 is 0 Å². The molecule has 84 heavy (non-hydrogen) atoms. The van der Waals surface area contributed by atoms with Gasteiger partial charge in [0.1, 0.15) is 0 Å². The standard InChI is InChI=1S/C84H72/c1-49-13-61-37-62(14-49)64-16-51(3)18-66(39-64)68-20-53(5)22-70(41-68)72-24-55(7)26-74(43-72)76-28-57(9)30-78(45-76)80-32-59(11)34-82(47-80)84-36-60(12)35-83(48-84)81-33-58(10)31-79(46-81)77-29-56(8)27-75(44-77)73-25-54(6)23-71(42-73)69-21-52(4)19-67(40-69)65-17-50(2)15-63(61)38-65/h13-48H,1-12H3. The van der Waals surface area contributed by atoms with E-state index in [-0.39, 0.29) is 0 Å². The lowest BCUT2D eigenvalue weighted by Gasteiger charge is -2.16. The maximum absolute atomic E-state index is 2.40. The van der Waals surface area contributed by atoms with Crippen LogP contribution < -0.4 is 0 Å². The van der Waals surface area contributed by atoms with Gasteiger partial charge in [0.25, 0.3) is 0 Å². The molecule has 24 bridgehead atoms. The monoisotopic (exact) mass is 1080 g/mol. The molecule has 0 heteroatoms. The van der Waals surface area contributed by atoms with Crippen LogP contribution in [0.15, 0.2) is 218 Å². The highest BCUT2D eigenvalue weighted by molar-refractivity contribution is 5.88. The van der Waals surface area contributed by atoms with Gasteiger partial charge in [0, 0.05) is 0 Å². The van der Waals surface area contributed by atoms with Crippen molar-refractivity contribution >= 4 is 0 Å². The minimum absolute atomic E-state index is 1.22. The Bertz CT molecular complexity index is 3360. The number of benzene rings is 12. The smallest absolute Gasteiger partial charge is 0.0175 e. The summed E-state index contributed by atoms with van der Waals surface area (Å²) in [6.07, 6.45) is 0. The summed E-state index contributed by atoms with van der Waals surface area (Å²) in [5.41, 5.74) is 44.2. The lowest BCUT2D eigenvalue weighted by atomic mass is 9.88. The van der Waals surface area contributed by atoms with Gasteiger partial charge >= 0.3 is 0 Å². The van der Waals surface area contributed by atoms with Crippen LogP contribution in [0.1, 0.15) is 66.8 Å². The lowest BCUT2D eigenvalue weighted by Crippen LogP contribution is -1.92. The number of aryl methyl sites for hydroxylation is 12. The van der Waals surface area contributed by atoms with Gasteiger partial charge in [-0.3, -0.25) is 0 Å². The predicted octanol–water partition coefficient (Wildman–Crippen LogP) is 23.7. The molecule has 0 heterocycles. The van der Waals surface area contributed by atoms with Crippen molar-refractivity contribution in [2.75, 3.05) is 0 Å². The van der Waals surface area contributed by atoms with Crippen molar-refractivity contribution in [3.05, 3.63) is 285 Å². The molecule has 0 aliphatic heterocycles. The zero-order valence-electron chi connectivity index (χ0n) is 50.8. The van der Waals surface area contributed by atoms with E-state index in [1.165, 1.54) is 200 Å². The van der Waals surface area contributed by atoms with Crippen molar-refractivity contribution in [1.82, 2.24) is 0 Å². The fourth-order valence-electron chi connectivity index (χ4n) is 13.4. The van der Waals surface area contributed by atoms with E-state index >= 15 is 0 Å². The summed E-state index contributed by atoms with van der Waals surface area (Å²) < 4.78 is 0. The molecule has 0 N–H and O–H groups in total. The first-order valence-corrected chi connectivity index (χ1v) is 29.8. The quantitative estimate of drug-likeness (QED) is 0.142. The Balaban J connectivity index is 0.995. The Hall–Kier alpha value is -9.36. The van der Waals surface area contributed by atoms with Gasteiger partial charge in [0.05, 0.1) is 0 Å². The van der Waals surface area contributed by atoms with E-state index in [1.54, 1.807) is 0 Å². The average Bonchev–Trinajstić information content (AvgIpc) is 3.07. The van der Waals surface area contributed by atoms with E-state index < -0.39 is 0 Å². The highest BCUT2D eigenvalue weighted by Crippen LogP contribution is 2.42. The summed E-state index contributed by atoms with van der Waals surface area (Å²) in [7, 11) is 0. The zero-order chi connectivity index (χ0) is 58.2. The summed E-state index contributed by atoms with van der Waals surface area (Å²) in [4.78, 5) is 0. The second kappa shape index (κ2) is 21.4. The van der Waals surface area contributed by atoms with E-state index in [4.69, 9.17) is 0 Å². The third-order valence-electron chi connectivity index (χ3n) is 16.9. The van der Waals surface area contributed by atoms with Crippen LogP contribution in [0.25, 0.3) is 134 Å². The van der Waals surface area contributed by atoms with Crippen molar-refractivity contribution in [3.8, 4) is 134 Å². The van der Waals surface area contributed by atoms with E-state index in [9.17, 15) is 0 Å². The Morgan fingerprint density at radius 3 is 0.179 bits per heavy atom. The summed E-state index contributed by atoms with van der Waals surface area (Å²) in [5.74, 6) is 0. The molecule has 12 aromatic rings. The van der Waals surface area contributed by atoms with Gasteiger partial charge in [0.2, 0.25) is 0 Å². The van der Waals surface area contributed by atoms with E-state index in [0.717, 1.165) is 0 Å². The average molecular weight is 1080 g/mol. The topological polar surface area (TPSA) is 0 Å². The number of rotatable bonds is 0. The third kappa shape index (κ3) is 11.2. The van der Waals surface area contributed by atoms with Crippen molar-refractivity contribution in [2.45, 2.75) is 83.1 Å². The molecule has 0 unspecified atom stereocenters. The first-order valence-electron chi connectivity index (χ1n) is 29.8. The molecule has 0 saturated heterocycles. The number of fused-ring (bicyclic) bond motifs is 36. The highest BCUT2D eigenvalue weighted by Gasteiger charge is 2.17. The SMILES string of the molecule is Cc1cc2cc(c1)-c1cc(C)cc(c1)-c1cc(C)cc(c1)-c1cc(C)cc(c1)-c1cc(C)cc(c1)-c1cc(C)cc(c1)-c1cc(C)cc(c1)-c1cc(C)cc(c1)-c1cc(C)cc(c1)-c1cc(C)cc(c1)-c1cc(C)cc(c1)-c1cc(C)cc-2c1. The Morgan fingerprint density at radius 2 is 0.131 bits per heavy atom. The fraction of sp³-hybridized carbons (Fsp3) is 0.143. The summed E-state index contributed by atoms with van der Waals surface area (Å²) in [5, 5.41) is 0. The molecule has 408 valence electrons. The molecule has 0 atom stereocenters. The molecular weight excluding hydrogens is 1010 g/mol. The van der Waals surface area contributed by atoms with Crippen molar-refractivity contribution in [2.24, 2.45) is 0 Å². The van der Waals surface area contributed by atoms with Crippen LogP contribution >= 0.6 is 0 Å². The lowest BCUT2D eigenvalue weighted by molar-refractivity contribution is 1.40. The molecule has 0 aromatic heterocycles. The summed E-state index contributed by atoms with van der Waals surface area (Å²) >= 11 is 0. The molecule has 13 rings (SSSR count). The minimum atomic E-state index is 1.22. The zero-order valence-corrected chi connectivity index (χ0v) is 50.8. The molecule has 1 aliphatic rings. The second-order valence-corrected chi connectivity index (χ2v) is 25.1. The Morgan fingerprint density at radius 1 is 0.0833 bits per heavy atom. The van der Waals surface area contributed by atoms with Gasteiger partial charge in [-0.15, -0.1) is 0 Å². The molecule has 0 nitrogen and oxygen atoms in total. The number of hydrogen-bond acceptors (Lipinski definition) is 0. The summed E-state index contributed by atoms with van der Waals surface area (Å²) in [6.45, 7) is 26.8. The second-order valence-electron chi connectivity index (χ2n) is 25.1. The molecular formula is C84H72. The van der Waals surface area contributed by atoms with Gasteiger partial charge in [-0.1, -0.05) is 146 Å². The van der Waals surface area contributed by atoms with E-state index in [1.807, 2.05) is 0 Å². The predicted molar refractivity (Wildman–Crippen MR) is 362 cm³/mol. The van der Waals surface area contributed by atoms with Crippen LogP contribution in [0, 0.1) is 83.1 Å². The fourth-order valence-corrected chi connectivity index (χ4v) is 13.4.